The number of benzene rings is 7. The second kappa shape index (κ2) is 16.5. The fourth-order valence-corrected chi connectivity index (χ4v) is 10.4. The van der Waals surface area contributed by atoms with Crippen molar-refractivity contribution in [1.29, 1.82) is 0 Å². The molecule has 11 aromatic rings. The third-order valence-electron chi connectivity index (χ3n) is 13.5. The van der Waals surface area contributed by atoms with Crippen LogP contribution in [-0.2, 0) is 0 Å². The monoisotopic (exact) mass is 868 g/mol. The summed E-state index contributed by atoms with van der Waals surface area (Å²) in [5, 5.41) is 0. The molecule has 0 radical (unpaired) electrons. The number of aromatic nitrogens is 6. The molecule has 14 rings (SSSR count). The van der Waals surface area contributed by atoms with Crippen LogP contribution >= 0.6 is 0 Å². The smallest absolute Gasteiger partial charge is 0.160 e. The molecule has 2 atom stereocenters. The molecule has 0 aliphatic heterocycles. The average molecular weight is 869 g/mol. The summed E-state index contributed by atoms with van der Waals surface area (Å²) in [6.45, 7) is 0. The van der Waals surface area contributed by atoms with Gasteiger partial charge in [-0.25, -0.2) is 19.9 Å². The Hall–Kier alpha value is -9.00. The summed E-state index contributed by atoms with van der Waals surface area (Å²) in [7, 11) is 0. The highest BCUT2D eigenvalue weighted by molar-refractivity contribution is 5.86. The fourth-order valence-electron chi connectivity index (χ4n) is 10.4. The van der Waals surface area contributed by atoms with E-state index >= 15 is 0 Å². The molecule has 318 valence electrons. The Balaban J connectivity index is 0.943. The normalized spacial score (nSPS) is 14.2. The molecule has 6 heteroatoms. The lowest BCUT2D eigenvalue weighted by Gasteiger charge is -2.42. The van der Waals surface area contributed by atoms with Gasteiger partial charge in [-0.3, -0.25) is 9.97 Å². The molecular weight excluding hydrogens is 829 g/mol. The van der Waals surface area contributed by atoms with Crippen LogP contribution in [0.2, 0.25) is 0 Å². The maximum absolute atomic E-state index is 5.36. The Morgan fingerprint density at radius 1 is 0.250 bits per heavy atom. The van der Waals surface area contributed by atoms with E-state index < -0.39 is 0 Å². The molecule has 4 aromatic heterocycles. The Morgan fingerprint density at radius 3 is 1.04 bits per heavy atom. The average Bonchev–Trinajstić information content (AvgIpc) is 3.43. The second-order valence-corrected chi connectivity index (χ2v) is 17.4. The number of pyridine rings is 2. The number of hydrogen-bond donors (Lipinski definition) is 0. The third-order valence-corrected chi connectivity index (χ3v) is 13.5. The van der Waals surface area contributed by atoms with E-state index in [-0.39, 0.29) is 11.8 Å². The molecule has 1 unspecified atom stereocenters. The van der Waals surface area contributed by atoms with E-state index in [9.17, 15) is 0 Å². The van der Waals surface area contributed by atoms with Gasteiger partial charge in [0.2, 0.25) is 0 Å². The van der Waals surface area contributed by atoms with Gasteiger partial charge in [-0.1, -0.05) is 170 Å². The summed E-state index contributed by atoms with van der Waals surface area (Å²) in [5.41, 5.74) is 21.6. The van der Waals surface area contributed by atoms with Crippen LogP contribution < -0.4 is 0 Å². The van der Waals surface area contributed by atoms with Crippen LogP contribution in [0.3, 0.4) is 0 Å². The molecule has 0 saturated carbocycles. The van der Waals surface area contributed by atoms with Gasteiger partial charge in [0.25, 0.3) is 0 Å². The quantitative estimate of drug-likeness (QED) is 0.151. The van der Waals surface area contributed by atoms with Crippen molar-refractivity contribution in [3.8, 4) is 90.1 Å². The molecule has 6 nitrogen and oxygen atoms in total. The number of nitrogens with zero attached hydrogens (tertiary/aromatic N) is 6. The van der Waals surface area contributed by atoms with Crippen LogP contribution in [0.15, 0.2) is 231 Å². The van der Waals surface area contributed by atoms with E-state index in [0.717, 1.165) is 78.4 Å². The van der Waals surface area contributed by atoms with Gasteiger partial charge >= 0.3 is 0 Å². The Kier molecular flexibility index (Phi) is 9.53. The SMILES string of the molecule is c1ccc(-c2cc(-c3ccccc3-c3cccnc3)nc(-c3ccc4c(c3)C3c5ccccc5[C@H]4c4cc(-c5nc(-c6ccccc6)cc(-c6ccccc6-c6cccnc6)n5)ccc43)n2)cc1. The first-order valence-corrected chi connectivity index (χ1v) is 23.0. The Bertz CT molecular complexity index is 3440. The molecule has 3 aliphatic rings. The highest BCUT2D eigenvalue weighted by Crippen LogP contribution is 2.56. The minimum Gasteiger partial charge on any atom is -0.264 e. The number of rotatable bonds is 8. The summed E-state index contributed by atoms with van der Waals surface area (Å²) in [4.78, 5) is 30.2. The summed E-state index contributed by atoms with van der Waals surface area (Å²) in [6, 6.07) is 72.7. The van der Waals surface area contributed by atoms with Crippen molar-refractivity contribution in [2.45, 2.75) is 11.8 Å². The molecule has 0 fully saturated rings. The zero-order chi connectivity index (χ0) is 45.0. The van der Waals surface area contributed by atoms with Crippen molar-refractivity contribution >= 4 is 0 Å². The van der Waals surface area contributed by atoms with Gasteiger partial charge in [0.15, 0.2) is 11.6 Å². The summed E-state index contributed by atoms with van der Waals surface area (Å²) < 4.78 is 0. The maximum Gasteiger partial charge on any atom is 0.160 e. The first kappa shape index (κ1) is 39.4. The van der Waals surface area contributed by atoms with Crippen LogP contribution in [0, 0.1) is 0 Å². The van der Waals surface area contributed by atoms with Gasteiger partial charge in [0.05, 0.1) is 22.8 Å². The van der Waals surface area contributed by atoms with Gasteiger partial charge in [-0.15, -0.1) is 0 Å². The van der Waals surface area contributed by atoms with Crippen molar-refractivity contribution in [2.75, 3.05) is 0 Å². The molecule has 0 N–H and O–H groups in total. The maximum atomic E-state index is 5.36. The van der Waals surface area contributed by atoms with Crippen molar-refractivity contribution in [1.82, 2.24) is 29.9 Å². The number of hydrogen-bond acceptors (Lipinski definition) is 6. The molecule has 68 heavy (non-hydrogen) atoms. The van der Waals surface area contributed by atoms with Crippen LogP contribution in [-0.4, -0.2) is 29.9 Å². The molecule has 7 aromatic carbocycles. The molecule has 0 saturated heterocycles. The minimum atomic E-state index is 0.0248. The topological polar surface area (TPSA) is 77.3 Å². The lowest BCUT2D eigenvalue weighted by Crippen LogP contribution is -2.27. The molecule has 0 spiro atoms. The Labute approximate surface area is 394 Å². The summed E-state index contributed by atoms with van der Waals surface area (Å²) >= 11 is 0. The lowest BCUT2D eigenvalue weighted by molar-refractivity contribution is 0.754. The molecular formula is C62H40N6. The summed E-state index contributed by atoms with van der Waals surface area (Å²) in [5.74, 6) is 1.42. The van der Waals surface area contributed by atoms with Gasteiger partial charge in [0.1, 0.15) is 0 Å². The van der Waals surface area contributed by atoms with Gasteiger partial charge in [-0.2, -0.15) is 0 Å². The first-order chi connectivity index (χ1) is 33.7. The fraction of sp³-hybridized carbons (Fsp3) is 0.0323. The van der Waals surface area contributed by atoms with E-state index in [1.54, 1.807) is 0 Å². The van der Waals surface area contributed by atoms with Crippen molar-refractivity contribution in [2.24, 2.45) is 0 Å². The predicted octanol–water partition coefficient (Wildman–Crippen LogP) is 14.4. The second-order valence-electron chi connectivity index (χ2n) is 17.4. The first-order valence-electron chi connectivity index (χ1n) is 23.0. The van der Waals surface area contributed by atoms with Crippen LogP contribution in [0.5, 0.6) is 0 Å². The molecule has 4 heterocycles. The van der Waals surface area contributed by atoms with Gasteiger partial charge in [-0.05, 0) is 80.9 Å². The van der Waals surface area contributed by atoms with Crippen LogP contribution in [0.4, 0.5) is 0 Å². The van der Waals surface area contributed by atoms with Crippen LogP contribution in [0.1, 0.15) is 45.2 Å². The van der Waals surface area contributed by atoms with Crippen molar-refractivity contribution in [3.05, 3.63) is 264 Å². The van der Waals surface area contributed by atoms with Gasteiger partial charge < -0.3 is 0 Å². The van der Waals surface area contributed by atoms with E-state index in [1.807, 2.05) is 49.1 Å². The van der Waals surface area contributed by atoms with Gasteiger partial charge in [0, 0.05) is 81.1 Å². The lowest BCUT2D eigenvalue weighted by atomic mass is 9.61. The zero-order valence-electron chi connectivity index (χ0n) is 36.8. The van der Waals surface area contributed by atoms with E-state index in [0.29, 0.717) is 11.6 Å². The molecule has 2 bridgehead atoms. The molecule has 3 aliphatic carbocycles. The molecule has 0 amide bonds. The zero-order valence-corrected chi connectivity index (χ0v) is 36.8. The highest BCUT2D eigenvalue weighted by atomic mass is 14.9. The Morgan fingerprint density at radius 2 is 0.618 bits per heavy atom. The largest absolute Gasteiger partial charge is 0.264 e. The van der Waals surface area contributed by atoms with Crippen LogP contribution in [0.25, 0.3) is 90.1 Å². The van der Waals surface area contributed by atoms with E-state index in [4.69, 9.17) is 19.9 Å². The third kappa shape index (κ3) is 6.81. The van der Waals surface area contributed by atoms with E-state index in [1.165, 1.54) is 33.4 Å². The van der Waals surface area contributed by atoms with E-state index in [2.05, 4.69) is 192 Å². The minimum absolute atomic E-state index is 0.0248. The predicted molar refractivity (Wildman–Crippen MR) is 271 cm³/mol. The van der Waals surface area contributed by atoms with Crippen molar-refractivity contribution in [3.63, 3.8) is 0 Å². The highest BCUT2D eigenvalue weighted by Gasteiger charge is 2.41. The summed E-state index contributed by atoms with van der Waals surface area (Å²) in [6.07, 6.45) is 7.43. The van der Waals surface area contributed by atoms with Crippen molar-refractivity contribution < 1.29 is 0 Å². The standard InChI is InChI=1S/C62H40N6/c1-3-15-39(16-4-1)55-35-57(47-23-9-7-21-45(47)43-19-13-31-63-37-43)67-61(65-55)41-27-29-51-53(33-41)59-49-25-11-12-26-50(49)60(51)54-34-42(28-30-52(54)59)62-66-56(40-17-5-2-6-18-40)36-58(68-62)48-24-10-8-22-46(48)44-20-14-32-64-38-44/h1-38,59-60H/t59-,60?/m1/s1.